The van der Waals surface area contributed by atoms with E-state index in [0.29, 0.717) is 5.92 Å². The predicted molar refractivity (Wildman–Crippen MR) is 77.4 cm³/mol. The molecule has 0 saturated heterocycles. The highest BCUT2D eigenvalue weighted by Crippen LogP contribution is 2.27. The molecule has 1 fully saturated rings. The number of methoxy groups -OCH3 is 1. The summed E-state index contributed by atoms with van der Waals surface area (Å²) in [6.45, 7) is 3.02. The van der Waals surface area contributed by atoms with Crippen LogP contribution in [0.25, 0.3) is 0 Å². The molecule has 3 heteroatoms. The van der Waals surface area contributed by atoms with Crippen molar-refractivity contribution >= 4 is 0 Å². The Morgan fingerprint density at radius 2 is 2.05 bits per heavy atom. The first-order valence-corrected chi connectivity index (χ1v) is 7.26. The lowest BCUT2D eigenvalue weighted by Gasteiger charge is -2.29. The normalized spacial score (nSPS) is 25.0. The molecule has 1 aromatic carbocycles. The molecule has 19 heavy (non-hydrogen) atoms. The van der Waals surface area contributed by atoms with Gasteiger partial charge in [0.05, 0.1) is 13.2 Å². The van der Waals surface area contributed by atoms with Gasteiger partial charge in [0, 0.05) is 18.2 Å². The largest absolute Gasteiger partial charge is 0.496 e. The van der Waals surface area contributed by atoms with E-state index in [2.05, 4.69) is 18.3 Å². The van der Waals surface area contributed by atoms with Crippen molar-refractivity contribution in [3.8, 4) is 5.75 Å². The molecule has 0 spiro atoms. The molecule has 0 amide bonds. The zero-order valence-electron chi connectivity index (χ0n) is 11.9. The third kappa shape index (κ3) is 3.71. The molecule has 2 rings (SSSR count). The first-order valence-electron chi connectivity index (χ1n) is 7.26. The maximum Gasteiger partial charge on any atom is 0.123 e. The number of nitrogens with one attached hydrogen (secondary N) is 1. The molecule has 1 aliphatic carbocycles. The van der Waals surface area contributed by atoms with Crippen LogP contribution in [0.5, 0.6) is 5.75 Å². The van der Waals surface area contributed by atoms with E-state index in [1.807, 2.05) is 18.2 Å². The van der Waals surface area contributed by atoms with Crippen molar-refractivity contribution in [3.63, 3.8) is 0 Å². The molecule has 1 aromatic rings. The third-order valence-corrected chi connectivity index (χ3v) is 4.16. The van der Waals surface area contributed by atoms with Crippen LogP contribution in [0.3, 0.4) is 0 Å². The number of hydrogen-bond acceptors (Lipinski definition) is 3. The van der Waals surface area contributed by atoms with Gasteiger partial charge in [0.15, 0.2) is 0 Å². The van der Waals surface area contributed by atoms with Gasteiger partial charge in [0.25, 0.3) is 0 Å². The summed E-state index contributed by atoms with van der Waals surface area (Å²) in [5, 5.41) is 13.5. The van der Waals surface area contributed by atoms with Gasteiger partial charge >= 0.3 is 0 Å². The quantitative estimate of drug-likeness (QED) is 0.858. The van der Waals surface area contributed by atoms with Gasteiger partial charge in [-0.2, -0.15) is 0 Å². The van der Waals surface area contributed by atoms with Gasteiger partial charge in [-0.1, -0.05) is 31.0 Å². The summed E-state index contributed by atoms with van der Waals surface area (Å²) in [5.41, 5.74) is 1.18. The van der Waals surface area contributed by atoms with Gasteiger partial charge in [-0.25, -0.2) is 0 Å². The molecule has 0 radical (unpaired) electrons. The summed E-state index contributed by atoms with van der Waals surface area (Å²) >= 11 is 0. The van der Waals surface area contributed by atoms with E-state index in [4.69, 9.17) is 4.74 Å². The molecule has 1 saturated carbocycles. The highest BCUT2D eigenvalue weighted by Gasteiger charge is 2.23. The summed E-state index contributed by atoms with van der Waals surface area (Å²) < 4.78 is 5.39. The number of benzene rings is 1. The molecule has 0 bridgehead atoms. The lowest BCUT2D eigenvalue weighted by atomic mass is 9.86. The monoisotopic (exact) mass is 263 g/mol. The van der Waals surface area contributed by atoms with E-state index in [9.17, 15) is 5.11 Å². The SMILES string of the molecule is COc1ccccc1C(C)NCC1CCCCC1O. The fourth-order valence-corrected chi connectivity index (χ4v) is 2.89. The Balaban J connectivity index is 1.91. The second-order valence-corrected chi connectivity index (χ2v) is 5.48. The Kier molecular flexibility index (Phi) is 5.23. The van der Waals surface area contributed by atoms with E-state index in [0.717, 1.165) is 25.1 Å². The van der Waals surface area contributed by atoms with Gasteiger partial charge in [-0.3, -0.25) is 0 Å². The van der Waals surface area contributed by atoms with Crippen LogP contribution < -0.4 is 10.1 Å². The molecule has 0 aliphatic heterocycles. The average Bonchev–Trinajstić information content (AvgIpc) is 2.46. The summed E-state index contributed by atoms with van der Waals surface area (Å²) in [4.78, 5) is 0. The number of aliphatic hydroxyl groups is 1. The van der Waals surface area contributed by atoms with Crippen LogP contribution >= 0.6 is 0 Å². The minimum absolute atomic E-state index is 0.133. The highest BCUT2D eigenvalue weighted by atomic mass is 16.5. The molecule has 2 N–H and O–H groups in total. The van der Waals surface area contributed by atoms with Crippen LogP contribution in [0, 0.1) is 5.92 Å². The maximum absolute atomic E-state index is 9.99. The average molecular weight is 263 g/mol. The van der Waals surface area contributed by atoms with E-state index < -0.39 is 0 Å². The maximum atomic E-state index is 9.99. The number of hydrogen-bond donors (Lipinski definition) is 2. The van der Waals surface area contributed by atoms with Crippen molar-refractivity contribution in [1.29, 1.82) is 0 Å². The minimum atomic E-state index is -0.133. The van der Waals surface area contributed by atoms with Crippen LogP contribution in [0.15, 0.2) is 24.3 Å². The van der Waals surface area contributed by atoms with E-state index in [1.54, 1.807) is 7.11 Å². The van der Waals surface area contributed by atoms with Crippen molar-refractivity contribution in [2.24, 2.45) is 5.92 Å². The predicted octanol–water partition coefficient (Wildman–Crippen LogP) is 2.90. The molecule has 3 atom stereocenters. The molecule has 3 unspecified atom stereocenters. The van der Waals surface area contributed by atoms with Crippen molar-refractivity contribution in [2.75, 3.05) is 13.7 Å². The lowest BCUT2D eigenvalue weighted by Crippen LogP contribution is -2.35. The lowest BCUT2D eigenvalue weighted by molar-refractivity contribution is 0.0683. The second kappa shape index (κ2) is 6.92. The molecular formula is C16H25NO2. The summed E-state index contributed by atoms with van der Waals surface area (Å²) in [7, 11) is 1.70. The van der Waals surface area contributed by atoms with Gasteiger partial charge < -0.3 is 15.2 Å². The number of rotatable bonds is 5. The Labute approximate surface area is 116 Å². The zero-order chi connectivity index (χ0) is 13.7. The topological polar surface area (TPSA) is 41.5 Å². The van der Waals surface area contributed by atoms with Crippen LogP contribution in [0.1, 0.15) is 44.2 Å². The summed E-state index contributed by atoms with van der Waals surface area (Å²) in [5.74, 6) is 1.32. The second-order valence-electron chi connectivity index (χ2n) is 5.48. The Morgan fingerprint density at radius 3 is 2.79 bits per heavy atom. The summed E-state index contributed by atoms with van der Waals surface area (Å²) in [6, 6.07) is 8.34. The van der Waals surface area contributed by atoms with Crippen LogP contribution in [-0.4, -0.2) is 24.9 Å². The molecule has 106 valence electrons. The smallest absolute Gasteiger partial charge is 0.123 e. The van der Waals surface area contributed by atoms with Gasteiger partial charge in [-0.15, -0.1) is 0 Å². The van der Waals surface area contributed by atoms with Crippen LogP contribution in [0.2, 0.25) is 0 Å². The van der Waals surface area contributed by atoms with Gasteiger partial charge in [0.2, 0.25) is 0 Å². The third-order valence-electron chi connectivity index (χ3n) is 4.16. The first kappa shape index (κ1) is 14.4. The highest BCUT2D eigenvalue weighted by molar-refractivity contribution is 5.35. The standard InChI is InChI=1S/C16H25NO2/c1-12(14-8-4-6-10-16(14)19-2)17-11-13-7-3-5-9-15(13)18/h4,6,8,10,12-13,15,17-18H,3,5,7,9,11H2,1-2H3. The van der Waals surface area contributed by atoms with E-state index in [-0.39, 0.29) is 12.1 Å². The number of para-hydroxylation sites is 1. The van der Waals surface area contributed by atoms with Gasteiger partial charge in [-0.05, 0) is 31.7 Å². The summed E-state index contributed by atoms with van der Waals surface area (Å²) in [6.07, 6.45) is 4.36. The minimum Gasteiger partial charge on any atom is -0.496 e. The van der Waals surface area contributed by atoms with Crippen molar-refractivity contribution < 1.29 is 9.84 Å². The van der Waals surface area contributed by atoms with Crippen molar-refractivity contribution in [3.05, 3.63) is 29.8 Å². The fraction of sp³-hybridized carbons (Fsp3) is 0.625. The van der Waals surface area contributed by atoms with Crippen LogP contribution in [0.4, 0.5) is 0 Å². The molecule has 1 aliphatic rings. The molecule has 3 nitrogen and oxygen atoms in total. The molecule has 0 heterocycles. The zero-order valence-corrected chi connectivity index (χ0v) is 11.9. The molecule has 0 aromatic heterocycles. The Morgan fingerprint density at radius 1 is 1.32 bits per heavy atom. The fourth-order valence-electron chi connectivity index (χ4n) is 2.89. The van der Waals surface area contributed by atoms with Crippen molar-refractivity contribution in [1.82, 2.24) is 5.32 Å². The van der Waals surface area contributed by atoms with E-state index in [1.165, 1.54) is 18.4 Å². The number of aliphatic hydroxyl groups excluding tert-OH is 1. The van der Waals surface area contributed by atoms with Gasteiger partial charge in [0.1, 0.15) is 5.75 Å². The molecular weight excluding hydrogens is 238 g/mol. The number of ether oxygens (including phenoxy) is 1. The van der Waals surface area contributed by atoms with Crippen LogP contribution in [-0.2, 0) is 0 Å². The van der Waals surface area contributed by atoms with Crippen molar-refractivity contribution in [2.45, 2.75) is 44.8 Å². The van der Waals surface area contributed by atoms with E-state index >= 15 is 0 Å². The first-order chi connectivity index (χ1) is 9.22. The Bertz CT molecular complexity index is 394. The Hall–Kier alpha value is -1.06.